The molecule has 156 valence electrons. The van der Waals surface area contributed by atoms with Crippen LogP contribution in [0.4, 0.5) is 10.5 Å². The third-order valence-electron chi connectivity index (χ3n) is 5.95. The number of carbonyl (C=O) groups excluding carboxylic acids is 1. The Balaban J connectivity index is 1.47. The number of amides is 1. The fraction of sp³-hybridized carbons (Fsp3) is 0.360. The third kappa shape index (κ3) is 4.56. The van der Waals surface area contributed by atoms with Gasteiger partial charge in [0, 0.05) is 5.56 Å². The Morgan fingerprint density at radius 1 is 1.00 bits per heavy atom. The molecule has 4 rings (SSSR count). The summed E-state index contributed by atoms with van der Waals surface area (Å²) in [5.74, 6) is 0.979. The first-order valence-corrected chi connectivity index (χ1v) is 10.7. The molecule has 0 radical (unpaired) electrons. The summed E-state index contributed by atoms with van der Waals surface area (Å²) in [7, 11) is 0. The van der Waals surface area contributed by atoms with Crippen molar-refractivity contribution in [2.24, 2.45) is 5.92 Å². The van der Waals surface area contributed by atoms with E-state index in [2.05, 4.69) is 22.6 Å². The second-order valence-corrected chi connectivity index (χ2v) is 8.05. The van der Waals surface area contributed by atoms with Crippen LogP contribution in [0, 0.1) is 12.8 Å². The van der Waals surface area contributed by atoms with Crippen molar-refractivity contribution in [1.82, 2.24) is 5.16 Å². The maximum absolute atomic E-state index is 12.5. The van der Waals surface area contributed by atoms with Crippen LogP contribution in [-0.2, 0) is 4.74 Å². The average molecular weight is 405 g/mol. The van der Waals surface area contributed by atoms with Gasteiger partial charge in [0.2, 0.25) is 0 Å². The van der Waals surface area contributed by atoms with Gasteiger partial charge in [-0.1, -0.05) is 79.0 Å². The smallest absolute Gasteiger partial charge is 0.412 e. The molecule has 1 amide bonds. The number of hydrogen-bond acceptors (Lipinski definition) is 4. The van der Waals surface area contributed by atoms with E-state index in [1.54, 1.807) is 0 Å². The van der Waals surface area contributed by atoms with Gasteiger partial charge < -0.3 is 9.26 Å². The van der Waals surface area contributed by atoms with Crippen LogP contribution in [0.3, 0.4) is 0 Å². The number of aromatic nitrogens is 1. The molecule has 1 atom stereocenters. The van der Waals surface area contributed by atoms with E-state index in [0.29, 0.717) is 23.1 Å². The molecule has 1 aliphatic carbocycles. The van der Waals surface area contributed by atoms with Crippen LogP contribution in [0.15, 0.2) is 59.1 Å². The van der Waals surface area contributed by atoms with Gasteiger partial charge in [0.1, 0.15) is 17.5 Å². The lowest BCUT2D eigenvalue weighted by Crippen LogP contribution is -2.28. The Morgan fingerprint density at radius 3 is 2.33 bits per heavy atom. The van der Waals surface area contributed by atoms with Crippen LogP contribution in [0.25, 0.3) is 22.5 Å². The van der Waals surface area contributed by atoms with Crippen LogP contribution in [0.2, 0.25) is 0 Å². The molecule has 1 aliphatic rings. The number of nitrogens with zero attached hydrogens (tertiary/aromatic N) is 1. The SMILES string of the molecule is Cc1noc(-c2ccc(-c3ccccc3)cc2)c1NC(=O)OC(C)C1CCCCC1. The highest BCUT2D eigenvalue weighted by Gasteiger charge is 2.24. The molecule has 1 saturated carbocycles. The summed E-state index contributed by atoms with van der Waals surface area (Å²) in [6, 6.07) is 18.2. The molecule has 1 unspecified atom stereocenters. The molecule has 1 heterocycles. The van der Waals surface area contributed by atoms with E-state index in [-0.39, 0.29) is 6.10 Å². The van der Waals surface area contributed by atoms with Gasteiger partial charge in [0.15, 0.2) is 5.76 Å². The zero-order chi connectivity index (χ0) is 20.9. The number of benzene rings is 2. The summed E-state index contributed by atoms with van der Waals surface area (Å²) < 4.78 is 11.2. The predicted octanol–water partition coefficient (Wildman–Crippen LogP) is 6.83. The number of nitrogens with one attached hydrogen (secondary N) is 1. The quantitative estimate of drug-likeness (QED) is 0.506. The summed E-state index contributed by atoms with van der Waals surface area (Å²) in [6.45, 7) is 3.80. The largest absolute Gasteiger partial charge is 0.446 e. The van der Waals surface area contributed by atoms with Gasteiger partial charge in [-0.15, -0.1) is 0 Å². The van der Waals surface area contributed by atoms with Gasteiger partial charge in [-0.05, 0) is 43.7 Å². The molecule has 1 aromatic heterocycles. The van der Waals surface area contributed by atoms with Gasteiger partial charge in [0.05, 0.1) is 0 Å². The Morgan fingerprint density at radius 2 is 1.63 bits per heavy atom. The van der Waals surface area contributed by atoms with Crippen LogP contribution in [0.5, 0.6) is 0 Å². The van der Waals surface area contributed by atoms with Crippen molar-refractivity contribution >= 4 is 11.8 Å². The van der Waals surface area contributed by atoms with E-state index in [1.807, 2.05) is 56.3 Å². The first kappa shape index (κ1) is 20.2. The summed E-state index contributed by atoms with van der Waals surface area (Å²) in [5.41, 5.74) is 4.30. The normalized spacial score (nSPS) is 15.5. The summed E-state index contributed by atoms with van der Waals surface area (Å²) in [5, 5.41) is 6.91. The Labute approximate surface area is 177 Å². The third-order valence-corrected chi connectivity index (χ3v) is 5.95. The molecule has 0 spiro atoms. The molecule has 0 bridgehead atoms. The van der Waals surface area contributed by atoms with E-state index in [9.17, 15) is 4.79 Å². The van der Waals surface area contributed by atoms with E-state index in [0.717, 1.165) is 29.5 Å². The number of hydrogen-bond donors (Lipinski definition) is 1. The molecule has 5 heteroatoms. The number of anilines is 1. The van der Waals surface area contributed by atoms with E-state index in [4.69, 9.17) is 9.26 Å². The first-order chi connectivity index (χ1) is 14.6. The van der Waals surface area contributed by atoms with Gasteiger partial charge in [-0.25, -0.2) is 4.79 Å². The number of ether oxygens (including phenoxy) is 1. The Bertz CT molecular complexity index is 973. The monoisotopic (exact) mass is 404 g/mol. The zero-order valence-corrected chi connectivity index (χ0v) is 17.6. The molecule has 0 saturated heterocycles. The van der Waals surface area contributed by atoms with Crippen molar-refractivity contribution in [3.63, 3.8) is 0 Å². The molecular formula is C25H28N2O3. The highest BCUT2D eigenvalue weighted by Crippen LogP contribution is 2.33. The molecule has 5 nitrogen and oxygen atoms in total. The van der Waals surface area contributed by atoms with Crippen molar-refractivity contribution in [3.05, 3.63) is 60.3 Å². The summed E-state index contributed by atoms with van der Waals surface area (Å²) >= 11 is 0. The van der Waals surface area contributed by atoms with E-state index < -0.39 is 6.09 Å². The van der Waals surface area contributed by atoms with Crippen molar-refractivity contribution in [2.45, 2.75) is 52.1 Å². The predicted molar refractivity (Wildman–Crippen MR) is 118 cm³/mol. The zero-order valence-electron chi connectivity index (χ0n) is 17.6. The van der Waals surface area contributed by atoms with E-state index in [1.165, 1.54) is 19.3 Å². The van der Waals surface area contributed by atoms with Gasteiger partial charge in [-0.3, -0.25) is 5.32 Å². The molecule has 2 aromatic carbocycles. The molecule has 1 N–H and O–H groups in total. The lowest BCUT2D eigenvalue weighted by Gasteiger charge is -2.27. The van der Waals surface area contributed by atoms with Crippen LogP contribution in [-0.4, -0.2) is 17.4 Å². The topological polar surface area (TPSA) is 64.4 Å². The second-order valence-electron chi connectivity index (χ2n) is 8.05. The minimum atomic E-state index is -0.457. The second kappa shape index (κ2) is 9.16. The van der Waals surface area contributed by atoms with Crippen molar-refractivity contribution in [2.75, 3.05) is 5.32 Å². The maximum Gasteiger partial charge on any atom is 0.412 e. The lowest BCUT2D eigenvalue weighted by molar-refractivity contribution is 0.0691. The number of aryl methyl sites for hydroxylation is 1. The fourth-order valence-electron chi connectivity index (χ4n) is 4.16. The van der Waals surface area contributed by atoms with E-state index >= 15 is 0 Å². The maximum atomic E-state index is 12.5. The van der Waals surface area contributed by atoms with Gasteiger partial charge in [-0.2, -0.15) is 0 Å². The molecule has 3 aromatic rings. The minimum Gasteiger partial charge on any atom is -0.446 e. The lowest BCUT2D eigenvalue weighted by atomic mass is 9.86. The van der Waals surface area contributed by atoms with Gasteiger partial charge in [0.25, 0.3) is 0 Å². The first-order valence-electron chi connectivity index (χ1n) is 10.7. The summed E-state index contributed by atoms with van der Waals surface area (Å²) in [6.07, 6.45) is 5.41. The Hall–Kier alpha value is -3.08. The van der Waals surface area contributed by atoms with Crippen molar-refractivity contribution < 1.29 is 14.1 Å². The van der Waals surface area contributed by atoms with Crippen molar-refractivity contribution in [3.8, 4) is 22.5 Å². The van der Waals surface area contributed by atoms with Crippen LogP contribution < -0.4 is 5.32 Å². The molecular weight excluding hydrogens is 376 g/mol. The number of rotatable bonds is 5. The fourth-order valence-corrected chi connectivity index (χ4v) is 4.16. The van der Waals surface area contributed by atoms with Crippen LogP contribution >= 0.6 is 0 Å². The Kier molecular flexibility index (Phi) is 6.17. The van der Waals surface area contributed by atoms with Gasteiger partial charge >= 0.3 is 6.09 Å². The molecule has 30 heavy (non-hydrogen) atoms. The highest BCUT2D eigenvalue weighted by molar-refractivity contribution is 5.91. The molecule has 1 fully saturated rings. The number of carbonyl (C=O) groups is 1. The average Bonchev–Trinajstić information content (AvgIpc) is 3.15. The van der Waals surface area contributed by atoms with Crippen molar-refractivity contribution in [1.29, 1.82) is 0 Å². The standard InChI is InChI=1S/C25H28N2O3/c1-17-23(26-25(28)29-18(2)19-9-5-3-6-10-19)24(30-27-17)22-15-13-21(14-16-22)20-11-7-4-8-12-20/h4,7-8,11-16,18-19H,3,5-6,9-10H2,1-2H3,(H,26,28). The summed E-state index contributed by atoms with van der Waals surface area (Å²) in [4.78, 5) is 12.5. The highest BCUT2D eigenvalue weighted by atomic mass is 16.6. The minimum absolute atomic E-state index is 0.0981. The molecule has 0 aliphatic heterocycles. The van der Waals surface area contributed by atoms with Crippen LogP contribution in [0.1, 0.15) is 44.7 Å².